The van der Waals surface area contributed by atoms with Crippen LogP contribution in [0, 0.1) is 0 Å². The third-order valence-corrected chi connectivity index (χ3v) is 6.07. The molecule has 12 heteroatoms. The van der Waals surface area contributed by atoms with Gasteiger partial charge >= 0.3 is 12.2 Å². The van der Waals surface area contributed by atoms with Crippen LogP contribution >= 0.6 is 0 Å². The molecule has 1 N–H and O–H groups in total. The Labute approximate surface area is 206 Å². The molecule has 4 rings (SSSR count). The number of hydrogen-bond acceptors (Lipinski definition) is 6. The third kappa shape index (κ3) is 6.16. The first-order chi connectivity index (χ1) is 17.3. The number of hydrogen-bond donors (Lipinski definition) is 1. The number of methoxy groups -OCH3 is 1. The van der Waals surface area contributed by atoms with Crippen molar-refractivity contribution in [1.82, 2.24) is 29.6 Å². The van der Waals surface area contributed by atoms with Gasteiger partial charge in [0.2, 0.25) is 5.65 Å². The molecule has 3 aromatic rings. The Hall–Kier alpha value is -3.57. The summed E-state index contributed by atoms with van der Waals surface area (Å²) >= 11 is 0. The third-order valence-electron chi connectivity index (χ3n) is 6.07. The molecule has 1 aliphatic rings. The second kappa shape index (κ2) is 11.0. The number of carbonyl (C=O) groups is 1. The van der Waals surface area contributed by atoms with Gasteiger partial charge in [0, 0.05) is 43.2 Å². The van der Waals surface area contributed by atoms with Gasteiger partial charge in [0.15, 0.2) is 0 Å². The van der Waals surface area contributed by atoms with Crippen molar-refractivity contribution in [2.24, 2.45) is 0 Å². The van der Waals surface area contributed by atoms with Gasteiger partial charge in [-0.1, -0.05) is 0 Å². The molecule has 4 bridgehead atoms. The first-order valence-electron chi connectivity index (χ1n) is 11.9. The first-order valence-corrected chi connectivity index (χ1v) is 11.9. The lowest BCUT2D eigenvalue weighted by Gasteiger charge is -2.26. The van der Waals surface area contributed by atoms with Crippen LogP contribution in [0.1, 0.15) is 44.7 Å². The number of halogens is 3. The highest BCUT2D eigenvalue weighted by Gasteiger charge is 2.29. The summed E-state index contributed by atoms with van der Waals surface area (Å²) in [6.45, 7) is 2.64. The summed E-state index contributed by atoms with van der Waals surface area (Å²) in [6.07, 6.45) is 2.94. The summed E-state index contributed by atoms with van der Waals surface area (Å²) in [5.41, 5.74) is 2.38. The van der Waals surface area contributed by atoms with E-state index in [0.717, 1.165) is 0 Å². The lowest BCUT2D eigenvalue weighted by atomic mass is 10.0. The average Bonchev–Trinajstić information content (AvgIpc) is 3.33. The van der Waals surface area contributed by atoms with Gasteiger partial charge in [0.1, 0.15) is 5.75 Å². The van der Waals surface area contributed by atoms with Gasteiger partial charge in [-0.3, -0.25) is 4.98 Å². The summed E-state index contributed by atoms with van der Waals surface area (Å²) in [7, 11) is 1.53. The van der Waals surface area contributed by atoms with E-state index in [1.54, 1.807) is 29.1 Å². The van der Waals surface area contributed by atoms with E-state index in [4.69, 9.17) is 9.47 Å². The number of pyridine rings is 1. The maximum absolute atomic E-state index is 13.0. The van der Waals surface area contributed by atoms with Gasteiger partial charge in [0.05, 0.1) is 37.8 Å². The molecule has 194 valence electrons. The Balaban J connectivity index is 1.70. The van der Waals surface area contributed by atoms with Crippen molar-refractivity contribution in [3.63, 3.8) is 0 Å². The van der Waals surface area contributed by atoms with Crippen LogP contribution < -0.4 is 14.8 Å². The summed E-state index contributed by atoms with van der Waals surface area (Å²) < 4.78 is 51.9. The zero-order chi connectivity index (χ0) is 25.7. The predicted octanol–water partition coefficient (Wildman–Crippen LogP) is 4.61. The maximum atomic E-state index is 13.0. The molecule has 1 aliphatic heterocycles. The average molecular weight is 507 g/mol. The van der Waals surface area contributed by atoms with Crippen LogP contribution in [-0.4, -0.2) is 62.8 Å². The molecule has 2 amide bonds. The van der Waals surface area contributed by atoms with Crippen molar-refractivity contribution in [2.45, 2.75) is 57.8 Å². The molecule has 3 aromatic heterocycles. The van der Waals surface area contributed by atoms with Crippen LogP contribution in [0.4, 0.5) is 18.0 Å². The number of urea groups is 1. The van der Waals surface area contributed by atoms with Gasteiger partial charge in [-0.2, -0.15) is 13.2 Å². The molecule has 0 saturated carbocycles. The quantitative estimate of drug-likeness (QED) is 0.556. The Kier molecular flexibility index (Phi) is 7.80. The minimum atomic E-state index is -4.29. The zero-order valence-corrected chi connectivity index (χ0v) is 20.2. The molecule has 1 atom stereocenters. The lowest BCUT2D eigenvalue weighted by Crippen LogP contribution is -2.45. The van der Waals surface area contributed by atoms with Crippen LogP contribution in [-0.2, 0) is 6.54 Å². The van der Waals surface area contributed by atoms with E-state index in [1.807, 2.05) is 13.1 Å². The molecule has 0 saturated heterocycles. The monoisotopic (exact) mass is 506 g/mol. The zero-order valence-electron chi connectivity index (χ0n) is 20.2. The fraction of sp³-hybridized carbons (Fsp3) is 0.500. The standard InChI is InChI=1S/C24H29F3N6O3/c1-3-32-14-17-12-18(20(35-2)13-29-17)19-15-33-10-9-28-21(33)22(31-19)36-11-5-4-6-16(30-23(32)34)7-8-24(25,26)27/h9-10,12-13,15-16H,3-8,11,14H2,1-2H3,(H,30,34)/t16-/m1/s1. The molecule has 0 aromatic carbocycles. The maximum Gasteiger partial charge on any atom is 0.389 e. The number of aromatic nitrogens is 4. The van der Waals surface area contributed by atoms with E-state index >= 15 is 0 Å². The second-order valence-corrected chi connectivity index (χ2v) is 8.62. The van der Waals surface area contributed by atoms with Crippen molar-refractivity contribution in [2.75, 3.05) is 20.3 Å². The Bertz CT molecular complexity index is 1200. The number of carbonyl (C=O) groups excluding carboxylic acids is 1. The summed E-state index contributed by atoms with van der Waals surface area (Å²) in [5, 5.41) is 2.80. The normalized spacial score (nSPS) is 17.5. The van der Waals surface area contributed by atoms with E-state index in [9.17, 15) is 18.0 Å². The highest BCUT2D eigenvalue weighted by atomic mass is 19.4. The van der Waals surface area contributed by atoms with Crippen molar-refractivity contribution in [3.05, 3.63) is 36.5 Å². The smallest absolute Gasteiger partial charge is 0.389 e. The number of amides is 2. The van der Waals surface area contributed by atoms with Crippen LogP contribution in [0.2, 0.25) is 0 Å². The fourth-order valence-corrected chi connectivity index (χ4v) is 4.14. The highest BCUT2D eigenvalue weighted by molar-refractivity contribution is 5.74. The Morgan fingerprint density at radius 2 is 2.11 bits per heavy atom. The molecular formula is C24H29F3N6O3. The number of imidazole rings is 1. The molecule has 0 fully saturated rings. The van der Waals surface area contributed by atoms with Crippen LogP contribution in [0.5, 0.6) is 11.6 Å². The topological polar surface area (TPSA) is 93.9 Å². The number of alkyl halides is 3. The summed E-state index contributed by atoms with van der Waals surface area (Å²) in [4.78, 5) is 27.9. The second-order valence-electron chi connectivity index (χ2n) is 8.62. The van der Waals surface area contributed by atoms with E-state index in [1.165, 1.54) is 12.0 Å². The number of rotatable bonds is 4. The number of nitrogens with zero attached hydrogens (tertiary/aromatic N) is 5. The van der Waals surface area contributed by atoms with Crippen LogP contribution in [0.15, 0.2) is 30.9 Å². The highest BCUT2D eigenvalue weighted by Crippen LogP contribution is 2.31. The van der Waals surface area contributed by atoms with Gasteiger partial charge in [0.25, 0.3) is 5.88 Å². The SMILES string of the molecule is CCN1Cc2cc(c(OC)cn2)-c2cn3ccnc3c(n2)OCCCC[C@H](CCC(F)(F)F)NC1=O. The van der Waals surface area contributed by atoms with Gasteiger partial charge in [-0.25, -0.2) is 14.8 Å². The van der Waals surface area contributed by atoms with E-state index in [0.29, 0.717) is 66.6 Å². The van der Waals surface area contributed by atoms with E-state index < -0.39 is 24.7 Å². The predicted molar refractivity (Wildman–Crippen MR) is 126 cm³/mol. The van der Waals surface area contributed by atoms with Gasteiger partial charge in [-0.15, -0.1) is 0 Å². The molecule has 0 spiro atoms. The number of fused-ring (bicyclic) bond motifs is 7. The molecule has 4 heterocycles. The molecule has 0 unspecified atom stereocenters. The largest absolute Gasteiger partial charge is 0.494 e. The molecular weight excluding hydrogens is 477 g/mol. The van der Waals surface area contributed by atoms with Gasteiger partial charge < -0.3 is 24.1 Å². The number of nitrogens with one attached hydrogen (secondary N) is 1. The molecule has 0 aliphatic carbocycles. The summed E-state index contributed by atoms with van der Waals surface area (Å²) in [6, 6.07) is 0.754. The Morgan fingerprint density at radius 3 is 2.86 bits per heavy atom. The van der Waals surface area contributed by atoms with E-state index in [2.05, 4.69) is 20.3 Å². The molecule has 36 heavy (non-hydrogen) atoms. The van der Waals surface area contributed by atoms with Crippen LogP contribution in [0.25, 0.3) is 16.9 Å². The van der Waals surface area contributed by atoms with Crippen molar-refractivity contribution in [1.29, 1.82) is 0 Å². The van der Waals surface area contributed by atoms with Crippen molar-refractivity contribution >= 4 is 11.7 Å². The Morgan fingerprint density at radius 1 is 1.28 bits per heavy atom. The number of ether oxygens (including phenoxy) is 2. The summed E-state index contributed by atoms with van der Waals surface area (Å²) in [5.74, 6) is 0.847. The first kappa shape index (κ1) is 25.5. The van der Waals surface area contributed by atoms with Crippen LogP contribution in [0.3, 0.4) is 0 Å². The van der Waals surface area contributed by atoms with Crippen molar-refractivity contribution in [3.8, 4) is 22.9 Å². The molecule has 9 nitrogen and oxygen atoms in total. The molecule has 0 radical (unpaired) electrons. The van der Waals surface area contributed by atoms with E-state index in [-0.39, 0.29) is 13.0 Å². The lowest BCUT2D eigenvalue weighted by molar-refractivity contribution is -0.136. The minimum Gasteiger partial charge on any atom is -0.494 e. The van der Waals surface area contributed by atoms with Gasteiger partial charge in [-0.05, 0) is 38.7 Å². The fourth-order valence-electron chi connectivity index (χ4n) is 4.14. The minimum absolute atomic E-state index is 0.169. The van der Waals surface area contributed by atoms with Crippen molar-refractivity contribution < 1.29 is 27.4 Å².